The summed E-state index contributed by atoms with van der Waals surface area (Å²) in [6, 6.07) is 0.388. The summed E-state index contributed by atoms with van der Waals surface area (Å²) in [5.41, 5.74) is -0.231. The number of halogens is 1. The van der Waals surface area contributed by atoms with Crippen LogP contribution in [0.15, 0.2) is 0 Å². The fourth-order valence-corrected chi connectivity index (χ4v) is 2.72. The molecule has 102 valence electrons. The minimum atomic E-state index is -0.231. The average Bonchev–Trinajstić information content (AvgIpc) is 2.66. The van der Waals surface area contributed by atoms with Crippen molar-refractivity contribution in [2.45, 2.75) is 46.6 Å². The van der Waals surface area contributed by atoms with Crippen molar-refractivity contribution >= 4 is 18.3 Å². The molecule has 0 spiro atoms. The van der Waals surface area contributed by atoms with Crippen LogP contribution in [0.2, 0.25) is 0 Å². The monoisotopic (exact) mass is 262 g/mol. The highest BCUT2D eigenvalue weighted by atomic mass is 35.5. The van der Waals surface area contributed by atoms with E-state index in [1.54, 1.807) is 0 Å². The first kappa shape index (κ1) is 16.7. The quantitative estimate of drug-likeness (QED) is 0.843. The Bertz CT molecular complexity index is 248. The number of nitrogens with one attached hydrogen (secondary N) is 1. The van der Waals surface area contributed by atoms with E-state index in [1.807, 2.05) is 11.9 Å². The lowest BCUT2D eigenvalue weighted by Gasteiger charge is -2.33. The number of hydrogen-bond acceptors (Lipinski definition) is 2. The molecule has 17 heavy (non-hydrogen) atoms. The second-order valence-electron chi connectivity index (χ2n) is 6.04. The molecular formula is C13H27ClN2O. The van der Waals surface area contributed by atoms with Gasteiger partial charge in [-0.1, -0.05) is 27.7 Å². The molecule has 1 saturated heterocycles. The molecule has 1 unspecified atom stereocenters. The molecule has 1 N–H and O–H groups in total. The summed E-state index contributed by atoms with van der Waals surface area (Å²) in [7, 11) is 1.95. The van der Waals surface area contributed by atoms with Crippen molar-refractivity contribution in [3.05, 3.63) is 0 Å². The van der Waals surface area contributed by atoms with Crippen LogP contribution in [0, 0.1) is 11.3 Å². The van der Waals surface area contributed by atoms with Gasteiger partial charge >= 0.3 is 0 Å². The Balaban J connectivity index is 0.00000256. The zero-order valence-electron chi connectivity index (χ0n) is 11.7. The van der Waals surface area contributed by atoms with E-state index in [9.17, 15) is 4.79 Å². The summed E-state index contributed by atoms with van der Waals surface area (Å²) in [6.45, 7) is 10.5. The third-order valence-electron chi connectivity index (χ3n) is 3.40. The number of likely N-dealkylation sites (N-methyl/N-ethyl adjacent to an activating group) is 1. The fraction of sp³-hybridized carbons (Fsp3) is 0.923. The molecule has 0 bridgehead atoms. The van der Waals surface area contributed by atoms with E-state index in [1.165, 1.54) is 0 Å². The molecule has 0 aliphatic carbocycles. The largest absolute Gasteiger partial charge is 0.341 e. The Hall–Kier alpha value is -0.280. The third-order valence-corrected chi connectivity index (χ3v) is 3.40. The van der Waals surface area contributed by atoms with Gasteiger partial charge in [-0.25, -0.2) is 0 Å². The molecular weight excluding hydrogens is 236 g/mol. The van der Waals surface area contributed by atoms with E-state index in [0.29, 0.717) is 12.0 Å². The van der Waals surface area contributed by atoms with Gasteiger partial charge in [0.15, 0.2) is 0 Å². The molecule has 1 rings (SSSR count). The molecule has 1 heterocycles. The van der Waals surface area contributed by atoms with Crippen molar-refractivity contribution in [1.29, 1.82) is 0 Å². The Morgan fingerprint density at radius 2 is 2.06 bits per heavy atom. The summed E-state index contributed by atoms with van der Waals surface area (Å²) in [5, 5.41) is 3.31. The minimum Gasteiger partial charge on any atom is -0.341 e. The SMILES string of the molecule is CC(C)CC(C)(C)C(=O)N(C)C1CCNC1.Cl. The van der Waals surface area contributed by atoms with Gasteiger partial charge in [0, 0.05) is 25.0 Å². The van der Waals surface area contributed by atoms with Gasteiger partial charge in [-0.2, -0.15) is 0 Å². The van der Waals surface area contributed by atoms with Gasteiger partial charge in [0.25, 0.3) is 0 Å². The van der Waals surface area contributed by atoms with Crippen LogP contribution in [0.25, 0.3) is 0 Å². The summed E-state index contributed by atoms with van der Waals surface area (Å²) >= 11 is 0. The van der Waals surface area contributed by atoms with Crippen molar-refractivity contribution in [1.82, 2.24) is 10.2 Å². The third kappa shape index (κ3) is 4.47. The molecule has 1 aliphatic heterocycles. The summed E-state index contributed by atoms with van der Waals surface area (Å²) < 4.78 is 0. The Kier molecular flexibility index (Phi) is 6.49. The molecule has 0 aromatic carbocycles. The van der Waals surface area contributed by atoms with Gasteiger partial charge in [-0.3, -0.25) is 4.79 Å². The Labute approximate surface area is 112 Å². The molecule has 4 heteroatoms. The average molecular weight is 263 g/mol. The zero-order chi connectivity index (χ0) is 12.3. The van der Waals surface area contributed by atoms with E-state index >= 15 is 0 Å². The lowest BCUT2D eigenvalue weighted by molar-refractivity contribution is -0.141. The van der Waals surface area contributed by atoms with Crippen LogP contribution >= 0.6 is 12.4 Å². The normalized spacial score (nSPS) is 20.2. The molecule has 3 nitrogen and oxygen atoms in total. The molecule has 0 saturated carbocycles. The highest BCUT2D eigenvalue weighted by molar-refractivity contribution is 5.85. The highest BCUT2D eigenvalue weighted by Crippen LogP contribution is 2.28. The predicted molar refractivity (Wildman–Crippen MR) is 74.5 cm³/mol. The predicted octanol–water partition coefficient (Wildman–Crippen LogP) is 2.30. The molecule has 0 aromatic heterocycles. The molecule has 1 aliphatic rings. The van der Waals surface area contributed by atoms with Crippen molar-refractivity contribution in [2.24, 2.45) is 11.3 Å². The molecule has 1 atom stereocenters. The van der Waals surface area contributed by atoms with Gasteiger partial charge in [0.05, 0.1) is 0 Å². The molecule has 0 aromatic rings. The maximum absolute atomic E-state index is 12.4. The van der Waals surface area contributed by atoms with Gasteiger partial charge in [-0.15, -0.1) is 12.4 Å². The van der Waals surface area contributed by atoms with Gasteiger partial charge in [0.2, 0.25) is 5.91 Å². The van der Waals surface area contributed by atoms with Gasteiger partial charge in [0.1, 0.15) is 0 Å². The number of amides is 1. The second-order valence-corrected chi connectivity index (χ2v) is 6.04. The lowest BCUT2D eigenvalue weighted by atomic mass is 9.82. The lowest BCUT2D eigenvalue weighted by Crippen LogP contribution is -2.45. The van der Waals surface area contributed by atoms with Crippen LogP contribution in [0.3, 0.4) is 0 Å². The van der Waals surface area contributed by atoms with Crippen molar-refractivity contribution in [2.75, 3.05) is 20.1 Å². The smallest absolute Gasteiger partial charge is 0.228 e. The topological polar surface area (TPSA) is 32.3 Å². The van der Waals surface area contributed by atoms with E-state index in [4.69, 9.17) is 0 Å². The Morgan fingerprint density at radius 3 is 2.47 bits per heavy atom. The number of carbonyl (C=O) groups excluding carboxylic acids is 1. The summed E-state index contributed by atoms with van der Waals surface area (Å²) in [5.74, 6) is 0.851. The van der Waals surface area contributed by atoms with E-state index < -0.39 is 0 Å². The van der Waals surface area contributed by atoms with Crippen LogP contribution in [0.5, 0.6) is 0 Å². The second kappa shape index (κ2) is 6.60. The number of hydrogen-bond donors (Lipinski definition) is 1. The van der Waals surface area contributed by atoms with Crippen LogP contribution < -0.4 is 5.32 Å². The summed E-state index contributed by atoms with van der Waals surface area (Å²) in [6.07, 6.45) is 2.04. The van der Waals surface area contributed by atoms with Crippen molar-refractivity contribution in [3.8, 4) is 0 Å². The van der Waals surface area contributed by atoms with Crippen LogP contribution in [0.4, 0.5) is 0 Å². The zero-order valence-corrected chi connectivity index (χ0v) is 12.6. The van der Waals surface area contributed by atoms with Gasteiger partial charge in [-0.05, 0) is 25.3 Å². The van der Waals surface area contributed by atoms with Crippen molar-refractivity contribution in [3.63, 3.8) is 0 Å². The van der Waals surface area contributed by atoms with Crippen LogP contribution in [-0.4, -0.2) is 37.0 Å². The number of rotatable bonds is 4. The van der Waals surface area contributed by atoms with Crippen LogP contribution in [0.1, 0.15) is 40.5 Å². The first-order valence-corrected chi connectivity index (χ1v) is 6.32. The standard InChI is InChI=1S/C13H26N2O.ClH/c1-10(2)8-13(3,4)12(16)15(5)11-6-7-14-9-11;/h10-11,14H,6-9H2,1-5H3;1H. The number of nitrogens with zero attached hydrogens (tertiary/aromatic N) is 1. The first-order valence-electron chi connectivity index (χ1n) is 6.32. The fourth-order valence-electron chi connectivity index (χ4n) is 2.72. The maximum atomic E-state index is 12.4. The summed E-state index contributed by atoms with van der Waals surface area (Å²) in [4.78, 5) is 14.3. The molecule has 1 amide bonds. The maximum Gasteiger partial charge on any atom is 0.228 e. The first-order chi connectivity index (χ1) is 7.34. The van der Waals surface area contributed by atoms with Gasteiger partial charge < -0.3 is 10.2 Å². The molecule has 0 radical (unpaired) electrons. The van der Waals surface area contributed by atoms with E-state index in [2.05, 4.69) is 33.0 Å². The van der Waals surface area contributed by atoms with Crippen LogP contribution in [-0.2, 0) is 4.79 Å². The number of carbonyl (C=O) groups is 1. The highest BCUT2D eigenvalue weighted by Gasteiger charge is 2.34. The van der Waals surface area contributed by atoms with E-state index in [0.717, 1.165) is 25.9 Å². The Morgan fingerprint density at radius 1 is 1.47 bits per heavy atom. The molecule has 1 fully saturated rings. The minimum absolute atomic E-state index is 0. The van der Waals surface area contributed by atoms with E-state index in [-0.39, 0.29) is 23.7 Å². The van der Waals surface area contributed by atoms with Crippen molar-refractivity contribution < 1.29 is 4.79 Å².